The number of hydrogen-bond acceptors (Lipinski definition) is 2. The smallest absolute Gasteiger partial charge is 0.255 e. The second-order valence-corrected chi connectivity index (χ2v) is 6.31. The number of amides is 1. The third-order valence-electron chi connectivity index (χ3n) is 5.05. The number of likely N-dealkylation sites (tertiary alicyclic amines) is 1. The summed E-state index contributed by atoms with van der Waals surface area (Å²) in [6.07, 6.45) is 0.839. The zero-order valence-electron chi connectivity index (χ0n) is 12.4. The van der Waals surface area contributed by atoms with E-state index in [-0.39, 0.29) is 17.7 Å². The molecular weight excluding hydrogens is 274 g/mol. The first-order chi connectivity index (χ1) is 10.7. The van der Waals surface area contributed by atoms with Crippen LogP contribution in [0.3, 0.4) is 0 Å². The number of fused-ring (bicyclic) bond motifs is 1. The topological polar surface area (TPSA) is 40.5 Å². The van der Waals surface area contributed by atoms with Gasteiger partial charge in [-0.3, -0.25) is 4.79 Å². The van der Waals surface area contributed by atoms with Crippen LogP contribution < -0.4 is 0 Å². The summed E-state index contributed by atoms with van der Waals surface area (Å²) in [6, 6.07) is 20.0. The molecule has 3 heteroatoms. The van der Waals surface area contributed by atoms with Crippen molar-refractivity contribution in [2.75, 3.05) is 13.1 Å². The Labute approximate surface area is 130 Å². The minimum atomic E-state index is -1.15. The first-order valence-corrected chi connectivity index (χ1v) is 7.82. The van der Waals surface area contributed by atoms with Crippen molar-refractivity contribution in [3.63, 3.8) is 0 Å². The molecule has 3 nitrogen and oxygen atoms in total. The summed E-state index contributed by atoms with van der Waals surface area (Å²) in [4.78, 5) is 14.4. The van der Waals surface area contributed by atoms with Crippen LogP contribution in [0.25, 0.3) is 0 Å². The monoisotopic (exact) mass is 293 g/mol. The summed E-state index contributed by atoms with van der Waals surface area (Å²) in [6.45, 7) is 1.35. The number of carbonyl (C=O) groups is 1. The van der Waals surface area contributed by atoms with E-state index in [0.29, 0.717) is 13.1 Å². The molecule has 3 atom stereocenters. The van der Waals surface area contributed by atoms with E-state index in [0.717, 1.165) is 12.0 Å². The normalized spacial score (nSPS) is 29.5. The maximum atomic E-state index is 12.5. The number of rotatable bonds is 4. The maximum absolute atomic E-state index is 12.5. The molecule has 1 aliphatic heterocycles. The predicted octanol–water partition coefficient (Wildman–Crippen LogP) is 2.22. The maximum Gasteiger partial charge on any atom is 0.255 e. The molecule has 1 saturated carbocycles. The highest BCUT2D eigenvalue weighted by atomic mass is 16.3. The number of nitrogens with zero attached hydrogens (tertiary/aromatic N) is 1. The van der Waals surface area contributed by atoms with E-state index in [2.05, 4.69) is 12.1 Å². The van der Waals surface area contributed by atoms with Gasteiger partial charge in [-0.15, -0.1) is 0 Å². The van der Waals surface area contributed by atoms with Crippen molar-refractivity contribution in [1.29, 1.82) is 0 Å². The van der Waals surface area contributed by atoms with Crippen molar-refractivity contribution in [2.45, 2.75) is 17.9 Å². The molecule has 2 aliphatic rings. The Kier molecular flexibility index (Phi) is 3.05. The van der Waals surface area contributed by atoms with Gasteiger partial charge in [0.05, 0.1) is 0 Å². The quantitative estimate of drug-likeness (QED) is 0.939. The van der Waals surface area contributed by atoms with Crippen LogP contribution in [0.4, 0.5) is 0 Å². The summed E-state index contributed by atoms with van der Waals surface area (Å²) in [5.41, 5.74) is 1.14. The van der Waals surface area contributed by atoms with Crippen LogP contribution in [0.5, 0.6) is 0 Å². The van der Waals surface area contributed by atoms with Gasteiger partial charge >= 0.3 is 0 Å². The number of piperidine rings is 1. The molecule has 0 unspecified atom stereocenters. The summed E-state index contributed by atoms with van der Waals surface area (Å²) in [7, 11) is 0. The first kappa shape index (κ1) is 13.5. The molecule has 1 amide bonds. The Bertz CT molecular complexity index is 685. The Morgan fingerprint density at radius 1 is 1.05 bits per heavy atom. The van der Waals surface area contributed by atoms with E-state index in [4.69, 9.17) is 0 Å². The van der Waals surface area contributed by atoms with E-state index in [9.17, 15) is 9.90 Å². The highest BCUT2D eigenvalue weighted by molar-refractivity contribution is 5.94. The van der Waals surface area contributed by atoms with Crippen LogP contribution in [0.1, 0.15) is 17.0 Å². The van der Waals surface area contributed by atoms with Gasteiger partial charge in [-0.25, -0.2) is 0 Å². The highest BCUT2D eigenvalue weighted by Gasteiger charge is 2.74. The predicted molar refractivity (Wildman–Crippen MR) is 84.3 cm³/mol. The fourth-order valence-corrected chi connectivity index (χ4v) is 3.80. The number of aliphatic hydroxyl groups is 1. The molecular formula is C19H19NO2. The molecule has 1 heterocycles. The van der Waals surface area contributed by atoms with Gasteiger partial charge in [0.1, 0.15) is 0 Å². The van der Waals surface area contributed by atoms with Crippen LogP contribution in [0.2, 0.25) is 0 Å². The summed E-state index contributed by atoms with van der Waals surface area (Å²) in [5, 5.41) is 10.7. The zero-order chi connectivity index (χ0) is 15.2. The van der Waals surface area contributed by atoms with Gasteiger partial charge in [0.25, 0.3) is 5.91 Å². The lowest BCUT2D eigenvalue weighted by molar-refractivity contribution is -0.138. The van der Waals surface area contributed by atoms with Gasteiger partial charge in [-0.05, 0) is 17.5 Å². The van der Waals surface area contributed by atoms with E-state index in [1.165, 1.54) is 5.56 Å². The fraction of sp³-hybridized carbons (Fsp3) is 0.316. The van der Waals surface area contributed by atoms with Gasteiger partial charge in [0.2, 0.25) is 0 Å². The van der Waals surface area contributed by atoms with Crippen LogP contribution in [-0.2, 0) is 11.2 Å². The van der Waals surface area contributed by atoms with E-state index >= 15 is 0 Å². The molecule has 22 heavy (non-hydrogen) atoms. The number of carbonyl (C=O) groups excluding carboxylic acids is 1. The lowest BCUT2D eigenvalue weighted by Gasteiger charge is -2.21. The standard InChI is InChI=1S/C19H19NO2/c21-18-19(22)16(17(19)15-9-5-2-6-10-15)13-20(18)12-11-14-7-3-1-4-8-14/h1-10,16-17,22H,11-13H2/t16-,17+,19-/m1/s1. The van der Waals surface area contributed by atoms with Gasteiger partial charge in [0.15, 0.2) is 5.60 Å². The van der Waals surface area contributed by atoms with Crippen molar-refractivity contribution in [1.82, 2.24) is 4.90 Å². The average Bonchev–Trinajstić information content (AvgIpc) is 3.09. The lowest BCUT2D eigenvalue weighted by Crippen LogP contribution is -2.37. The van der Waals surface area contributed by atoms with Crippen molar-refractivity contribution >= 4 is 5.91 Å². The molecule has 2 aromatic carbocycles. The third-order valence-corrected chi connectivity index (χ3v) is 5.05. The minimum Gasteiger partial charge on any atom is -0.379 e. The van der Waals surface area contributed by atoms with Crippen LogP contribution in [0.15, 0.2) is 60.7 Å². The third kappa shape index (κ3) is 1.97. The Morgan fingerprint density at radius 2 is 1.68 bits per heavy atom. The average molecular weight is 293 g/mol. The van der Waals surface area contributed by atoms with Crippen molar-refractivity contribution in [2.24, 2.45) is 5.92 Å². The minimum absolute atomic E-state index is 0.0193. The van der Waals surface area contributed by atoms with Gasteiger partial charge < -0.3 is 10.0 Å². The SMILES string of the molecule is O=C1N(CCc2ccccc2)C[C@@H]2[C@H](c3ccccc3)[C@@]12O. The summed E-state index contributed by atoms with van der Waals surface area (Å²) in [5.74, 6) is -0.0605. The van der Waals surface area contributed by atoms with Gasteiger partial charge in [0, 0.05) is 24.9 Å². The van der Waals surface area contributed by atoms with Crippen LogP contribution >= 0.6 is 0 Å². The second-order valence-electron chi connectivity index (χ2n) is 6.31. The van der Waals surface area contributed by atoms with E-state index in [1.807, 2.05) is 53.4 Å². The van der Waals surface area contributed by atoms with Crippen molar-refractivity contribution < 1.29 is 9.90 Å². The zero-order valence-corrected chi connectivity index (χ0v) is 12.4. The summed E-state index contributed by atoms with van der Waals surface area (Å²) < 4.78 is 0. The fourth-order valence-electron chi connectivity index (χ4n) is 3.80. The molecule has 2 fully saturated rings. The molecule has 0 spiro atoms. The van der Waals surface area contributed by atoms with Crippen LogP contribution in [-0.4, -0.2) is 34.6 Å². The Morgan fingerprint density at radius 3 is 2.27 bits per heavy atom. The molecule has 1 aliphatic carbocycles. The number of benzene rings is 2. The van der Waals surface area contributed by atoms with Gasteiger partial charge in [-0.1, -0.05) is 60.7 Å². The summed E-state index contributed by atoms with van der Waals surface area (Å²) >= 11 is 0. The van der Waals surface area contributed by atoms with Crippen molar-refractivity contribution in [3.8, 4) is 0 Å². The Hall–Kier alpha value is -2.13. The number of hydrogen-bond donors (Lipinski definition) is 1. The molecule has 112 valence electrons. The van der Waals surface area contributed by atoms with Crippen molar-refractivity contribution in [3.05, 3.63) is 71.8 Å². The van der Waals surface area contributed by atoms with Gasteiger partial charge in [-0.2, -0.15) is 0 Å². The largest absolute Gasteiger partial charge is 0.379 e. The second kappa shape index (κ2) is 4.96. The Balaban J connectivity index is 1.43. The molecule has 2 aromatic rings. The molecule has 0 aromatic heterocycles. The first-order valence-electron chi connectivity index (χ1n) is 7.82. The highest BCUT2D eigenvalue weighted by Crippen LogP contribution is 2.62. The molecule has 1 N–H and O–H groups in total. The van der Waals surface area contributed by atoms with E-state index in [1.54, 1.807) is 0 Å². The lowest BCUT2D eigenvalue weighted by atomic mass is 10.1. The van der Waals surface area contributed by atoms with E-state index < -0.39 is 5.60 Å². The van der Waals surface area contributed by atoms with Crippen LogP contribution in [0, 0.1) is 5.92 Å². The molecule has 0 bridgehead atoms. The molecule has 0 radical (unpaired) electrons. The molecule has 4 rings (SSSR count). The molecule has 1 saturated heterocycles.